The van der Waals surface area contributed by atoms with Crippen molar-refractivity contribution in [1.29, 1.82) is 0 Å². The molecule has 0 saturated heterocycles. The number of carbonyl (C=O) groups excluding carboxylic acids is 1. The van der Waals surface area contributed by atoms with Crippen LogP contribution in [0.25, 0.3) is 0 Å². The fourth-order valence-corrected chi connectivity index (χ4v) is 2.62. The van der Waals surface area contributed by atoms with Gasteiger partial charge in [-0.05, 0) is 37.4 Å². The fraction of sp³-hybridized carbons (Fsp3) is 0.154. The number of halogens is 2. The van der Waals surface area contributed by atoms with Gasteiger partial charge in [-0.2, -0.15) is 0 Å². The summed E-state index contributed by atoms with van der Waals surface area (Å²) in [4.78, 5) is 20.5. The Morgan fingerprint density at radius 2 is 2.00 bits per heavy atom. The van der Waals surface area contributed by atoms with Gasteiger partial charge < -0.3 is 11.1 Å². The highest BCUT2D eigenvalue weighted by Crippen LogP contribution is 2.22. The third-order valence-corrected chi connectivity index (χ3v) is 3.63. The molecule has 1 heterocycles. The predicted octanol–water partition coefficient (Wildman–Crippen LogP) is 2.68. The molecule has 1 unspecified atom stereocenters. The molecular formula is C13H12Br2N4O. The molecule has 1 amide bonds. The lowest BCUT2D eigenvalue weighted by Crippen LogP contribution is -2.28. The highest BCUT2D eigenvalue weighted by molar-refractivity contribution is 9.11. The van der Waals surface area contributed by atoms with Gasteiger partial charge in [-0.1, -0.05) is 30.3 Å². The maximum absolute atomic E-state index is 12.3. The topological polar surface area (TPSA) is 80.9 Å². The number of nitrogens with zero attached hydrogens (tertiary/aromatic N) is 2. The van der Waals surface area contributed by atoms with Gasteiger partial charge in [0.1, 0.15) is 9.21 Å². The average molecular weight is 400 g/mol. The van der Waals surface area contributed by atoms with Crippen molar-refractivity contribution in [2.45, 2.75) is 5.92 Å². The van der Waals surface area contributed by atoms with Crippen molar-refractivity contribution < 1.29 is 4.79 Å². The molecule has 1 aromatic heterocycles. The summed E-state index contributed by atoms with van der Waals surface area (Å²) in [5, 5.41) is 2.73. The molecule has 20 heavy (non-hydrogen) atoms. The summed E-state index contributed by atoms with van der Waals surface area (Å²) in [5.74, 6) is -0.267. The molecule has 1 aromatic carbocycles. The molecule has 104 valence electrons. The molecule has 0 fully saturated rings. The molecule has 0 aliphatic heterocycles. The minimum absolute atomic E-state index is 0.212. The van der Waals surface area contributed by atoms with Gasteiger partial charge >= 0.3 is 0 Å². The van der Waals surface area contributed by atoms with Gasteiger partial charge in [0.15, 0.2) is 5.82 Å². The van der Waals surface area contributed by atoms with Gasteiger partial charge in [0.25, 0.3) is 0 Å². The lowest BCUT2D eigenvalue weighted by Gasteiger charge is -2.15. The van der Waals surface area contributed by atoms with E-state index >= 15 is 0 Å². The van der Waals surface area contributed by atoms with E-state index in [1.165, 1.54) is 6.20 Å². The Morgan fingerprint density at radius 3 is 2.60 bits per heavy atom. The van der Waals surface area contributed by atoms with Crippen LogP contribution in [0.4, 0.5) is 5.82 Å². The number of amides is 1. The Balaban J connectivity index is 2.18. The Morgan fingerprint density at radius 1 is 1.30 bits per heavy atom. The Kier molecular flexibility index (Phi) is 5.22. The normalized spacial score (nSPS) is 11.9. The smallest absolute Gasteiger partial charge is 0.234 e. The number of nitrogens with one attached hydrogen (secondary N) is 1. The van der Waals surface area contributed by atoms with Crippen LogP contribution < -0.4 is 11.1 Å². The van der Waals surface area contributed by atoms with Crippen molar-refractivity contribution in [3.05, 3.63) is 51.3 Å². The highest BCUT2D eigenvalue weighted by atomic mass is 79.9. The lowest BCUT2D eigenvalue weighted by atomic mass is 9.98. The predicted molar refractivity (Wildman–Crippen MR) is 84.3 cm³/mol. The van der Waals surface area contributed by atoms with E-state index in [1.807, 2.05) is 30.3 Å². The summed E-state index contributed by atoms with van der Waals surface area (Å²) in [6.45, 7) is 0.220. The summed E-state index contributed by atoms with van der Waals surface area (Å²) in [6, 6.07) is 9.39. The SMILES string of the molecule is NCC(C(=O)Nc1ncc(Br)nc1Br)c1ccccc1. The first-order valence-corrected chi connectivity index (χ1v) is 7.44. The minimum atomic E-state index is -0.423. The number of benzene rings is 1. The third-order valence-electron chi connectivity index (χ3n) is 2.70. The van der Waals surface area contributed by atoms with Gasteiger partial charge in [0.2, 0.25) is 5.91 Å². The van der Waals surface area contributed by atoms with Crippen molar-refractivity contribution in [2.75, 3.05) is 11.9 Å². The first-order chi connectivity index (χ1) is 9.61. The van der Waals surface area contributed by atoms with E-state index in [1.54, 1.807) is 0 Å². The zero-order valence-electron chi connectivity index (χ0n) is 10.4. The molecule has 3 N–H and O–H groups in total. The van der Waals surface area contributed by atoms with Crippen LogP contribution in [0.5, 0.6) is 0 Å². The van der Waals surface area contributed by atoms with Crippen LogP contribution >= 0.6 is 31.9 Å². The number of nitrogens with two attached hydrogens (primary N) is 1. The molecular weight excluding hydrogens is 388 g/mol. The maximum Gasteiger partial charge on any atom is 0.234 e. The van der Waals surface area contributed by atoms with Crippen molar-refractivity contribution in [3.63, 3.8) is 0 Å². The summed E-state index contributed by atoms with van der Waals surface area (Å²) >= 11 is 6.46. The molecule has 2 rings (SSSR count). The molecule has 0 aliphatic rings. The van der Waals surface area contributed by atoms with E-state index < -0.39 is 5.92 Å². The number of aromatic nitrogens is 2. The molecule has 0 aliphatic carbocycles. The molecule has 0 radical (unpaired) electrons. The Labute approximate surface area is 133 Å². The molecule has 2 aromatic rings. The second-order valence-electron chi connectivity index (χ2n) is 4.02. The summed E-state index contributed by atoms with van der Waals surface area (Å²) in [6.07, 6.45) is 1.51. The number of anilines is 1. The van der Waals surface area contributed by atoms with Gasteiger partial charge in [0.05, 0.1) is 12.1 Å². The van der Waals surface area contributed by atoms with Gasteiger partial charge in [-0.3, -0.25) is 4.79 Å². The van der Waals surface area contributed by atoms with E-state index in [0.29, 0.717) is 15.0 Å². The van der Waals surface area contributed by atoms with Crippen LogP contribution in [-0.4, -0.2) is 22.4 Å². The van der Waals surface area contributed by atoms with Gasteiger partial charge in [0, 0.05) is 6.54 Å². The summed E-state index contributed by atoms with van der Waals surface area (Å²) in [7, 11) is 0. The first-order valence-electron chi connectivity index (χ1n) is 5.85. The highest BCUT2D eigenvalue weighted by Gasteiger charge is 2.20. The van der Waals surface area contributed by atoms with Crippen molar-refractivity contribution >= 4 is 43.6 Å². The lowest BCUT2D eigenvalue weighted by molar-refractivity contribution is -0.117. The van der Waals surface area contributed by atoms with E-state index in [0.717, 1.165) is 5.56 Å². The molecule has 0 spiro atoms. The fourth-order valence-electron chi connectivity index (χ4n) is 1.71. The molecule has 1 atom stereocenters. The zero-order chi connectivity index (χ0) is 14.5. The monoisotopic (exact) mass is 398 g/mol. The molecule has 0 bridgehead atoms. The number of carbonyl (C=O) groups is 1. The third kappa shape index (κ3) is 3.62. The van der Waals surface area contributed by atoms with Crippen LogP contribution in [0.2, 0.25) is 0 Å². The van der Waals surface area contributed by atoms with Crippen molar-refractivity contribution in [1.82, 2.24) is 9.97 Å². The summed E-state index contributed by atoms with van der Waals surface area (Å²) < 4.78 is 1.05. The van der Waals surface area contributed by atoms with Crippen LogP contribution in [0, 0.1) is 0 Å². The number of hydrogen-bond donors (Lipinski definition) is 2. The van der Waals surface area contributed by atoms with E-state index in [4.69, 9.17) is 5.73 Å². The van der Waals surface area contributed by atoms with Gasteiger partial charge in [-0.25, -0.2) is 9.97 Å². The second kappa shape index (κ2) is 6.92. The van der Waals surface area contributed by atoms with E-state index in [-0.39, 0.29) is 12.5 Å². The number of hydrogen-bond acceptors (Lipinski definition) is 4. The average Bonchev–Trinajstić information content (AvgIpc) is 2.44. The van der Waals surface area contributed by atoms with Crippen LogP contribution in [0.15, 0.2) is 45.7 Å². The zero-order valence-corrected chi connectivity index (χ0v) is 13.6. The minimum Gasteiger partial charge on any atom is -0.329 e. The van der Waals surface area contributed by atoms with Crippen molar-refractivity contribution in [2.24, 2.45) is 5.73 Å². The van der Waals surface area contributed by atoms with E-state index in [9.17, 15) is 4.79 Å². The first kappa shape index (κ1) is 15.1. The van der Waals surface area contributed by atoms with Crippen molar-refractivity contribution in [3.8, 4) is 0 Å². The second-order valence-corrected chi connectivity index (χ2v) is 5.58. The molecule has 0 saturated carbocycles. The standard InChI is InChI=1S/C13H12Br2N4O/c14-10-7-17-12(11(15)18-10)19-13(20)9(6-16)8-4-2-1-3-5-8/h1-5,7,9H,6,16H2,(H,17,19,20). The Bertz CT molecular complexity index is 607. The molecule has 7 heteroatoms. The maximum atomic E-state index is 12.3. The van der Waals surface area contributed by atoms with Crippen LogP contribution in [-0.2, 0) is 4.79 Å². The summed E-state index contributed by atoms with van der Waals surface area (Å²) in [5.41, 5.74) is 6.57. The quantitative estimate of drug-likeness (QED) is 0.828. The number of rotatable bonds is 4. The molecule has 5 nitrogen and oxygen atoms in total. The Hall–Kier alpha value is -1.31. The van der Waals surface area contributed by atoms with Gasteiger partial charge in [-0.15, -0.1) is 0 Å². The van der Waals surface area contributed by atoms with Crippen LogP contribution in [0.3, 0.4) is 0 Å². The largest absolute Gasteiger partial charge is 0.329 e. The van der Waals surface area contributed by atoms with Crippen LogP contribution in [0.1, 0.15) is 11.5 Å². The van der Waals surface area contributed by atoms with E-state index in [2.05, 4.69) is 47.1 Å².